The average molecular weight is 204 g/mol. The van der Waals surface area contributed by atoms with E-state index in [4.69, 9.17) is 0 Å². The Morgan fingerprint density at radius 2 is 1.93 bits per heavy atom. The van der Waals surface area contributed by atoms with Crippen molar-refractivity contribution >= 4 is 5.78 Å². The zero-order chi connectivity index (χ0) is 10.7. The molecule has 1 aliphatic carbocycles. The van der Waals surface area contributed by atoms with Crippen molar-refractivity contribution in [2.24, 2.45) is 5.41 Å². The summed E-state index contributed by atoms with van der Waals surface area (Å²) in [4.78, 5) is 20.1. The summed E-state index contributed by atoms with van der Waals surface area (Å²) in [6, 6.07) is 0. The second kappa shape index (κ2) is 4.09. The standard InChI is InChI=1S/C12H16N2O/c1-2-12(5-3-4-6-12)11(15)10-7-13-9-14-8-10/h7-9H,2-6H2,1H3. The van der Waals surface area contributed by atoms with Crippen LogP contribution in [-0.4, -0.2) is 15.8 Å². The minimum atomic E-state index is -0.120. The Bertz CT molecular complexity index is 342. The molecular formula is C12H16N2O. The van der Waals surface area contributed by atoms with E-state index in [0.717, 1.165) is 19.3 Å². The third kappa shape index (κ3) is 1.78. The molecule has 3 heteroatoms. The number of aromatic nitrogens is 2. The second-order valence-corrected chi connectivity index (χ2v) is 4.30. The van der Waals surface area contributed by atoms with Crippen LogP contribution in [0, 0.1) is 5.41 Å². The molecule has 0 N–H and O–H groups in total. The van der Waals surface area contributed by atoms with Gasteiger partial charge in [-0.1, -0.05) is 19.8 Å². The first-order valence-electron chi connectivity index (χ1n) is 5.58. The summed E-state index contributed by atoms with van der Waals surface area (Å²) < 4.78 is 0. The number of hydrogen-bond donors (Lipinski definition) is 0. The van der Waals surface area contributed by atoms with E-state index < -0.39 is 0 Å². The van der Waals surface area contributed by atoms with Crippen LogP contribution in [0.25, 0.3) is 0 Å². The molecule has 1 saturated carbocycles. The number of carbonyl (C=O) groups excluding carboxylic acids is 1. The molecule has 1 aromatic rings. The Kier molecular flexibility index (Phi) is 2.80. The number of Topliss-reactive ketones (excluding diaryl/α,β-unsaturated/α-hetero) is 1. The topological polar surface area (TPSA) is 42.9 Å². The highest BCUT2D eigenvalue weighted by Crippen LogP contribution is 2.43. The van der Waals surface area contributed by atoms with E-state index >= 15 is 0 Å². The van der Waals surface area contributed by atoms with Crippen molar-refractivity contribution in [3.05, 3.63) is 24.3 Å². The second-order valence-electron chi connectivity index (χ2n) is 4.30. The highest BCUT2D eigenvalue weighted by Gasteiger charge is 2.39. The Labute approximate surface area is 89.9 Å². The van der Waals surface area contributed by atoms with Gasteiger partial charge in [0, 0.05) is 17.8 Å². The molecule has 0 amide bonds. The first-order chi connectivity index (χ1) is 7.28. The van der Waals surface area contributed by atoms with E-state index in [1.54, 1.807) is 12.4 Å². The van der Waals surface area contributed by atoms with Gasteiger partial charge in [-0.25, -0.2) is 9.97 Å². The minimum Gasteiger partial charge on any atom is -0.293 e. The summed E-state index contributed by atoms with van der Waals surface area (Å²) in [7, 11) is 0. The fraction of sp³-hybridized carbons (Fsp3) is 0.583. The maximum atomic E-state index is 12.3. The number of carbonyl (C=O) groups is 1. The first kappa shape index (κ1) is 10.3. The zero-order valence-electron chi connectivity index (χ0n) is 9.07. The van der Waals surface area contributed by atoms with Gasteiger partial charge in [0.2, 0.25) is 0 Å². The van der Waals surface area contributed by atoms with E-state index in [1.165, 1.54) is 19.2 Å². The lowest BCUT2D eigenvalue weighted by atomic mass is 9.77. The molecule has 15 heavy (non-hydrogen) atoms. The molecule has 2 rings (SSSR count). The quantitative estimate of drug-likeness (QED) is 0.711. The number of rotatable bonds is 3. The molecule has 1 aliphatic rings. The average Bonchev–Trinajstić information content (AvgIpc) is 2.79. The first-order valence-corrected chi connectivity index (χ1v) is 5.58. The van der Waals surface area contributed by atoms with Crippen LogP contribution in [0.5, 0.6) is 0 Å². The Hall–Kier alpha value is -1.25. The van der Waals surface area contributed by atoms with Crippen molar-refractivity contribution in [1.82, 2.24) is 9.97 Å². The summed E-state index contributed by atoms with van der Waals surface area (Å²) in [5.41, 5.74) is 0.548. The Morgan fingerprint density at radius 1 is 1.33 bits per heavy atom. The van der Waals surface area contributed by atoms with Gasteiger partial charge in [0.1, 0.15) is 6.33 Å². The molecule has 0 spiro atoms. The lowest BCUT2D eigenvalue weighted by Crippen LogP contribution is -2.27. The van der Waals surface area contributed by atoms with Crippen molar-refractivity contribution in [1.29, 1.82) is 0 Å². The van der Waals surface area contributed by atoms with Crippen LogP contribution < -0.4 is 0 Å². The third-order valence-electron chi connectivity index (χ3n) is 3.54. The van der Waals surface area contributed by atoms with Gasteiger partial charge in [-0.2, -0.15) is 0 Å². The van der Waals surface area contributed by atoms with Gasteiger partial charge < -0.3 is 0 Å². The lowest BCUT2D eigenvalue weighted by molar-refractivity contribution is 0.0790. The molecule has 0 unspecified atom stereocenters. The van der Waals surface area contributed by atoms with E-state index in [9.17, 15) is 4.79 Å². The van der Waals surface area contributed by atoms with Crippen LogP contribution in [0.2, 0.25) is 0 Å². The van der Waals surface area contributed by atoms with Crippen molar-refractivity contribution < 1.29 is 4.79 Å². The van der Waals surface area contributed by atoms with Crippen molar-refractivity contribution in [2.75, 3.05) is 0 Å². The van der Waals surface area contributed by atoms with Crippen molar-refractivity contribution in [3.63, 3.8) is 0 Å². The van der Waals surface area contributed by atoms with Gasteiger partial charge >= 0.3 is 0 Å². The fourth-order valence-corrected chi connectivity index (χ4v) is 2.52. The number of nitrogens with zero attached hydrogens (tertiary/aromatic N) is 2. The van der Waals surface area contributed by atoms with Crippen LogP contribution in [0.3, 0.4) is 0 Å². The van der Waals surface area contributed by atoms with Gasteiger partial charge in [0.25, 0.3) is 0 Å². The molecule has 0 bridgehead atoms. The molecule has 0 aromatic carbocycles. The van der Waals surface area contributed by atoms with Gasteiger partial charge in [-0.15, -0.1) is 0 Å². The summed E-state index contributed by atoms with van der Waals surface area (Å²) in [6.07, 6.45) is 10.1. The van der Waals surface area contributed by atoms with Gasteiger partial charge in [0.15, 0.2) is 5.78 Å². The predicted molar refractivity (Wildman–Crippen MR) is 57.6 cm³/mol. The van der Waals surface area contributed by atoms with Gasteiger partial charge in [-0.05, 0) is 19.3 Å². The van der Waals surface area contributed by atoms with Crippen molar-refractivity contribution in [3.8, 4) is 0 Å². The number of ketones is 1. The normalized spacial score (nSPS) is 19.0. The van der Waals surface area contributed by atoms with E-state index in [0.29, 0.717) is 5.56 Å². The molecule has 1 fully saturated rings. The highest BCUT2D eigenvalue weighted by atomic mass is 16.1. The maximum absolute atomic E-state index is 12.3. The van der Waals surface area contributed by atoms with Gasteiger partial charge in [0.05, 0.1) is 5.56 Å². The number of hydrogen-bond acceptors (Lipinski definition) is 3. The summed E-state index contributed by atoms with van der Waals surface area (Å²) in [5, 5.41) is 0. The molecule has 1 aromatic heterocycles. The van der Waals surface area contributed by atoms with Crippen LogP contribution in [0.4, 0.5) is 0 Å². The zero-order valence-corrected chi connectivity index (χ0v) is 9.07. The highest BCUT2D eigenvalue weighted by molar-refractivity contribution is 6.00. The Morgan fingerprint density at radius 3 is 2.47 bits per heavy atom. The summed E-state index contributed by atoms with van der Waals surface area (Å²) >= 11 is 0. The molecule has 80 valence electrons. The fourth-order valence-electron chi connectivity index (χ4n) is 2.52. The predicted octanol–water partition coefficient (Wildman–Crippen LogP) is 2.63. The summed E-state index contributed by atoms with van der Waals surface area (Å²) in [6.45, 7) is 2.10. The molecule has 0 aliphatic heterocycles. The van der Waals surface area contributed by atoms with Crippen LogP contribution >= 0.6 is 0 Å². The van der Waals surface area contributed by atoms with Crippen LogP contribution in [-0.2, 0) is 0 Å². The molecular weight excluding hydrogens is 188 g/mol. The third-order valence-corrected chi connectivity index (χ3v) is 3.54. The van der Waals surface area contributed by atoms with E-state index in [-0.39, 0.29) is 11.2 Å². The molecule has 1 heterocycles. The molecule has 0 saturated heterocycles. The summed E-state index contributed by atoms with van der Waals surface area (Å²) in [5.74, 6) is 0.239. The van der Waals surface area contributed by atoms with E-state index in [2.05, 4.69) is 16.9 Å². The lowest BCUT2D eigenvalue weighted by Gasteiger charge is -2.25. The largest absolute Gasteiger partial charge is 0.293 e. The van der Waals surface area contributed by atoms with Gasteiger partial charge in [-0.3, -0.25) is 4.79 Å². The molecule has 0 atom stereocenters. The SMILES string of the molecule is CCC1(C(=O)c2cncnc2)CCCC1. The monoisotopic (exact) mass is 204 g/mol. The molecule has 3 nitrogen and oxygen atoms in total. The van der Waals surface area contributed by atoms with Crippen LogP contribution in [0.1, 0.15) is 49.4 Å². The Balaban J connectivity index is 2.27. The van der Waals surface area contributed by atoms with Crippen LogP contribution in [0.15, 0.2) is 18.7 Å². The smallest absolute Gasteiger partial charge is 0.172 e. The van der Waals surface area contributed by atoms with Crippen molar-refractivity contribution in [2.45, 2.75) is 39.0 Å². The maximum Gasteiger partial charge on any atom is 0.172 e. The minimum absolute atomic E-state index is 0.120. The van der Waals surface area contributed by atoms with E-state index in [1.807, 2.05) is 0 Å². The molecule has 0 radical (unpaired) electrons.